The number of halogens is 1. The van der Waals surface area contributed by atoms with Crippen molar-refractivity contribution >= 4 is 54.1 Å². The minimum atomic E-state index is 0.621. The third-order valence-electron chi connectivity index (χ3n) is 4.64. The first-order chi connectivity index (χ1) is 14.6. The van der Waals surface area contributed by atoms with E-state index in [-0.39, 0.29) is 0 Å². The molecule has 0 fully saturated rings. The van der Waals surface area contributed by atoms with E-state index in [2.05, 4.69) is 64.9 Å². The van der Waals surface area contributed by atoms with Crippen molar-refractivity contribution in [1.29, 1.82) is 0 Å². The quantitative estimate of drug-likeness (QED) is 0.359. The van der Waals surface area contributed by atoms with Gasteiger partial charge in [-0.1, -0.05) is 0 Å². The molecule has 0 aliphatic rings. The molecule has 7 nitrogen and oxygen atoms in total. The van der Waals surface area contributed by atoms with Crippen LogP contribution in [0.3, 0.4) is 0 Å². The summed E-state index contributed by atoms with van der Waals surface area (Å²) in [4.78, 5) is 24.6. The van der Waals surface area contributed by atoms with Crippen LogP contribution < -0.4 is 9.38 Å². The van der Waals surface area contributed by atoms with Crippen LogP contribution in [0, 0.1) is 0 Å². The Morgan fingerprint density at radius 3 is 2.67 bits per heavy atom. The molecule has 0 saturated heterocycles. The number of rotatable bonds is 6. The fourth-order valence-corrected chi connectivity index (χ4v) is 4.03. The Bertz CT molecular complexity index is 1190. The van der Waals surface area contributed by atoms with Gasteiger partial charge in [-0.25, -0.2) is 0 Å². The van der Waals surface area contributed by atoms with Crippen molar-refractivity contribution in [1.82, 2.24) is 24.9 Å². The molecule has 0 atom stereocenters. The van der Waals surface area contributed by atoms with Crippen molar-refractivity contribution in [3.63, 3.8) is 0 Å². The number of ether oxygens (including phenoxy) is 1. The maximum absolute atomic E-state index is 5.12. The van der Waals surface area contributed by atoms with Gasteiger partial charge in [0, 0.05) is 7.11 Å². The van der Waals surface area contributed by atoms with E-state index in [0.717, 1.165) is 37.8 Å². The first-order valence-corrected chi connectivity index (χ1v) is 10.9. The Kier molecular flexibility index (Phi) is 6.37. The Labute approximate surface area is 191 Å². The molecule has 4 rings (SSSR count). The summed E-state index contributed by atoms with van der Waals surface area (Å²) in [6.07, 6.45) is 5.01. The standard InChI is InChI=1S/C21H18AsBrN6O/c1-29(6-7-30-2)18-11-24-17(10-25-18)16-9-15(13-4-3-5-14(23)8-13)19-20(22)26-12-27-21(19)28-16/h3-5,8-12H,6-7H2,1-2H3. The van der Waals surface area contributed by atoms with Crippen LogP contribution in [0.25, 0.3) is 33.5 Å². The number of anilines is 1. The Hall–Kier alpha value is -2.41. The molecule has 9 heteroatoms. The number of benzene rings is 1. The molecule has 0 saturated carbocycles. The molecular formula is C21H18AsBrN6O. The molecule has 0 bridgehead atoms. The molecule has 150 valence electrons. The summed E-state index contributed by atoms with van der Waals surface area (Å²) in [6, 6.07) is 10.1. The SMILES string of the molecule is COCCN(C)c1cnc(-c2cc(-c3cccc(Br)c3)c3c([As])ncnc3n2)cn1. The van der Waals surface area contributed by atoms with E-state index in [9.17, 15) is 0 Å². The van der Waals surface area contributed by atoms with Crippen LogP contribution >= 0.6 is 15.9 Å². The van der Waals surface area contributed by atoms with Gasteiger partial charge in [-0.05, 0) is 0 Å². The Morgan fingerprint density at radius 1 is 1.07 bits per heavy atom. The summed E-state index contributed by atoms with van der Waals surface area (Å²) < 4.78 is 6.95. The van der Waals surface area contributed by atoms with Gasteiger partial charge in [-0.2, -0.15) is 0 Å². The van der Waals surface area contributed by atoms with Crippen LogP contribution in [0.2, 0.25) is 0 Å². The van der Waals surface area contributed by atoms with Crippen molar-refractivity contribution in [2.75, 3.05) is 32.2 Å². The number of pyridine rings is 1. The molecule has 0 amide bonds. The zero-order valence-corrected chi connectivity index (χ0v) is 19.9. The second kappa shape index (κ2) is 9.16. The molecule has 0 aliphatic heterocycles. The van der Waals surface area contributed by atoms with Crippen molar-refractivity contribution in [2.24, 2.45) is 0 Å². The zero-order valence-electron chi connectivity index (χ0n) is 16.4. The van der Waals surface area contributed by atoms with E-state index in [1.165, 1.54) is 6.33 Å². The van der Waals surface area contributed by atoms with Gasteiger partial charge in [0.15, 0.2) is 0 Å². The van der Waals surface area contributed by atoms with E-state index in [0.29, 0.717) is 23.6 Å². The van der Waals surface area contributed by atoms with Crippen LogP contribution in [0.15, 0.2) is 53.5 Å². The molecule has 0 N–H and O–H groups in total. The second-order valence-corrected chi connectivity index (χ2v) is 8.44. The molecule has 0 unspecified atom stereocenters. The fraction of sp³-hybridized carbons (Fsp3) is 0.190. The predicted molar refractivity (Wildman–Crippen MR) is 122 cm³/mol. The molecule has 1 aromatic carbocycles. The monoisotopic (exact) mass is 524 g/mol. The number of aromatic nitrogens is 5. The molecule has 3 aromatic heterocycles. The van der Waals surface area contributed by atoms with Gasteiger partial charge >= 0.3 is 180 Å². The van der Waals surface area contributed by atoms with Gasteiger partial charge in [-0.3, -0.25) is 0 Å². The van der Waals surface area contributed by atoms with Crippen molar-refractivity contribution in [3.05, 3.63) is 53.5 Å². The van der Waals surface area contributed by atoms with Gasteiger partial charge < -0.3 is 4.74 Å². The summed E-state index contributed by atoms with van der Waals surface area (Å²) in [7, 11) is 3.64. The van der Waals surface area contributed by atoms with Crippen LogP contribution in [-0.4, -0.2) is 69.1 Å². The molecule has 30 heavy (non-hydrogen) atoms. The maximum atomic E-state index is 5.12. The number of methoxy groups -OCH3 is 1. The molecular weight excluding hydrogens is 507 g/mol. The molecule has 0 aliphatic carbocycles. The van der Waals surface area contributed by atoms with Crippen LogP contribution in [-0.2, 0) is 4.74 Å². The van der Waals surface area contributed by atoms with E-state index >= 15 is 0 Å². The summed E-state index contributed by atoms with van der Waals surface area (Å²) in [5.41, 5.74) is 4.06. The van der Waals surface area contributed by atoms with Gasteiger partial charge in [-0.15, -0.1) is 0 Å². The number of fused-ring (bicyclic) bond motifs is 1. The first-order valence-electron chi connectivity index (χ1n) is 9.20. The third-order valence-corrected chi connectivity index (χ3v) is 5.85. The van der Waals surface area contributed by atoms with Gasteiger partial charge in [0.1, 0.15) is 0 Å². The molecule has 3 heterocycles. The minimum absolute atomic E-state index is 0.621. The summed E-state index contributed by atoms with van der Waals surface area (Å²) in [5.74, 6) is 0.777. The molecule has 2 radical (unpaired) electrons. The molecule has 0 spiro atoms. The average Bonchev–Trinajstić information content (AvgIpc) is 2.77. The Balaban J connectivity index is 1.81. The van der Waals surface area contributed by atoms with Crippen LogP contribution in [0.1, 0.15) is 0 Å². The first kappa shape index (κ1) is 20.8. The van der Waals surface area contributed by atoms with Crippen LogP contribution in [0.4, 0.5) is 5.82 Å². The van der Waals surface area contributed by atoms with Crippen molar-refractivity contribution in [2.45, 2.75) is 0 Å². The Morgan fingerprint density at radius 2 is 1.93 bits per heavy atom. The van der Waals surface area contributed by atoms with E-state index in [1.54, 1.807) is 19.5 Å². The zero-order chi connectivity index (χ0) is 21.1. The van der Waals surface area contributed by atoms with E-state index in [1.807, 2.05) is 30.1 Å². The average molecular weight is 525 g/mol. The topological polar surface area (TPSA) is 76.9 Å². The predicted octanol–water partition coefficient (Wildman–Crippen LogP) is 2.79. The summed E-state index contributed by atoms with van der Waals surface area (Å²) >= 11 is 6.05. The number of likely N-dealkylation sites (N-methyl/N-ethyl adjacent to an activating group) is 1. The van der Waals surface area contributed by atoms with Gasteiger partial charge in [0.2, 0.25) is 0 Å². The van der Waals surface area contributed by atoms with E-state index < -0.39 is 0 Å². The van der Waals surface area contributed by atoms with Gasteiger partial charge in [0.05, 0.1) is 0 Å². The second-order valence-electron chi connectivity index (χ2n) is 6.64. The fourth-order valence-electron chi connectivity index (χ4n) is 3.06. The molecule has 4 aromatic rings. The summed E-state index contributed by atoms with van der Waals surface area (Å²) in [6.45, 7) is 1.36. The van der Waals surface area contributed by atoms with Gasteiger partial charge in [0.25, 0.3) is 0 Å². The van der Waals surface area contributed by atoms with Crippen molar-refractivity contribution in [3.8, 4) is 22.5 Å². The van der Waals surface area contributed by atoms with Crippen LogP contribution in [0.5, 0.6) is 0 Å². The summed E-state index contributed by atoms with van der Waals surface area (Å²) in [5, 5.41) is 0.906. The number of nitrogens with zero attached hydrogens (tertiary/aromatic N) is 6. The number of hydrogen-bond donors (Lipinski definition) is 0. The van der Waals surface area contributed by atoms with Crippen molar-refractivity contribution < 1.29 is 4.74 Å². The normalized spacial score (nSPS) is 11.1. The third kappa shape index (κ3) is 4.36. The number of hydrogen-bond acceptors (Lipinski definition) is 7. The van der Waals surface area contributed by atoms with E-state index in [4.69, 9.17) is 9.72 Å².